The zero-order valence-electron chi connectivity index (χ0n) is 13.3. The lowest BCUT2D eigenvalue weighted by molar-refractivity contribution is 0.166. The molecule has 1 aliphatic carbocycles. The van der Waals surface area contributed by atoms with E-state index in [1.165, 1.54) is 42.8 Å². The summed E-state index contributed by atoms with van der Waals surface area (Å²) in [5.41, 5.74) is 1.44. The van der Waals surface area contributed by atoms with Crippen LogP contribution in [0, 0.1) is 0 Å². The van der Waals surface area contributed by atoms with Crippen LogP contribution in [0.2, 0.25) is 0 Å². The molecule has 114 valence electrons. The molecule has 0 spiro atoms. The third kappa shape index (κ3) is 3.60. The van der Waals surface area contributed by atoms with Gasteiger partial charge in [-0.15, -0.1) is 11.3 Å². The van der Waals surface area contributed by atoms with Gasteiger partial charge in [-0.3, -0.25) is 0 Å². The summed E-state index contributed by atoms with van der Waals surface area (Å²) in [6, 6.07) is 0. The van der Waals surface area contributed by atoms with Crippen molar-refractivity contribution in [2.45, 2.75) is 63.8 Å². The molecule has 1 fully saturated rings. The van der Waals surface area contributed by atoms with Gasteiger partial charge < -0.3 is 10.1 Å². The van der Waals surface area contributed by atoms with E-state index in [0.29, 0.717) is 0 Å². The molecule has 1 N–H and O–H groups in total. The Morgan fingerprint density at radius 1 is 1.30 bits per heavy atom. The van der Waals surface area contributed by atoms with E-state index in [1.54, 1.807) is 7.11 Å². The van der Waals surface area contributed by atoms with Gasteiger partial charge in [-0.25, -0.2) is 4.98 Å². The largest absolute Gasteiger partial charge is 0.383 e. The Morgan fingerprint density at radius 2 is 2.00 bits per heavy atom. The number of nitrogens with one attached hydrogen (secondary N) is 1. The second-order valence-corrected chi connectivity index (χ2v) is 7.71. The molecule has 1 aliphatic rings. The maximum absolute atomic E-state index is 5.19. The Labute approximate surface area is 127 Å². The summed E-state index contributed by atoms with van der Waals surface area (Å²) in [5, 5.41) is 7.26. The van der Waals surface area contributed by atoms with Gasteiger partial charge in [-0.05, 0) is 12.8 Å². The average Bonchev–Trinajstić information content (AvgIpc) is 2.90. The fourth-order valence-electron chi connectivity index (χ4n) is 2.85. The Kier molecular flexibility index (Phi) is 5.21. The standard InChI is InChI=1S/C16H28N2OS/c1-15(2,3)13-12-20-14(18-13)16(17-10-11-19-4)8-6-5-7-9-16/h12,17H,5-11H2,1-4H3. The molecule has 4 heteroatoms. The molecule has 0 saturated heterocycles. The number of aromatic nitrogens is 1. The topological polar surface area (TPSA) is 34.1 Å². The van der Waals surface area contributed by atoms with Gasteiger partial charge in [0.2, 0.25) is 0 Å². The smallest absolute Gasteiger partial charge is 0.113 e. The summed E-state index contributed by atoms with van der Waals surface area (Å²) in [5.74, 6) is 0. The molecule has 20 heavy (non-hydrogen) atoms. The van der Waals surface area contributed by atoms with Gasteiger partial charge in [0.05, 0.1) is 17.8 Å². The van der Waals surface area contributed by atoms with E-state index in [4.69, 9.17) is 9.72 Å². The van der Waals surface area contributed by atoms with E-state index < -0.39 is 0 Å². The molecule has 1 saturated carbocycles. The number of thiazole rings is 1. The minimum atomic E-state index is 0.0882. The molecule has 0 atom stereocenters. The molecule has 0 unspecified atom stereocenters. The van der Waals surface area contributed by atoms with E-state index in [-0.39, 0.29) is 11.0 Å². The molecule has 0 bridgehead atoms. The van der Waals surface area contributed by atoms with E-state index in [1.807, 2.05) is 11.3 Å². The molecule has 0 amide bonds. The minimum absolute atomic E-state index is 0.0882. The molecule has 3 nitrogen and oxygen atoms in total. The van der Waals surface area contributed by atoms with Crippen molar-refractivity contribution in [3.8, 4) is 0 Å². The Bertz CT molecular complexity index is 416. The van der Waals surface area contributed by atoms with E-state index in [9.17, 15) is 0 Å². The number of hydrogen-bond acceptors (Lipinski definition) is 4. The third-order valence-corrected chi connectivity index (χ3v) is 5.21. The highest BCUT2D eigenvalue weighted by Crippen LogP contribution is 2.39. The normalized spacial score (nSPS) is 19.2. The van der Waals surface area contributed by atoms with Crippen LogP contribution >= 0.6 is 11.3 Å². The molecular formula is C16H28N2OS. The Balaban J connectivity index is 2.19. The molecule has 1 heterocycles. The van der Waals surface area contributed by atoms with Gasteiger partial charge >= 0.3 is 0 Å². The van der Waals surface area contributed by atoms with Crippen LogP contribution in [-0.2, 0) is 15.7 Å². The van der Waals surface area contributed by atoms with Crippen molar-refractivity contribution in [1.29, 1.82) is 0 Å². The molecule has 0 radical (unpaired) electrons. The summed E-state index contributed by atoms with van der Waals surface area (Å²) >= 11 is 1.83. The highest BCUT2D eigenvalue weighted by atomic mass is 32.1. The summed E-state index contributed by atoms with van der Waals surface area (Å²) in [7, 11) is 1.76. The first kappa shape index (κ1) is 15.9. The predicted octanol–water partition coefficient (Wildman–Crippen LogP) is 3.84. The van der Waals surface area contributed by atoms with Crippen LogP contribution in [0.15, 0.2) is 5.38 Å². The van der Waals surface area contributed by atoms with Crippen LogP contribution in [0.25, 0.3) is 0 Å². The number of ether oxygens (including phenoxy) is 1. The van der Waals surface area contributed by atoms with E-state index >= 15 is 0 Å². The lowest BCUT2D eigenvalue weighted by Crippen LogP contribution is -2.45. The van der Waals surface area contributed by atoms with Gasteiger partial charge in [-0.1, -0.05) is 40.0 Å². The quantitative estimate of drug-likeness (QED) is 0.838. The van der Waals surface area contributed by atoms with Gasteiger partial charge in [0, 0.05) is 24.4 Å². The van der Waals surface area contributed by atoms with Crippen molar-refractivity contribution >= 4 is 11.3 Å². The van der Waals surface area contributed by atoms with E-state index in [0.717, 1.165) is 13.2 Å². The van der Waals surface area contributed by atoms with Gasteiger partial charge in [0.1, 0.15) is 5.01 Å². The van der Waals surface area contributed by atoms with Crippen molar-refractivity contribution in [1.82, 2.24) is 10.3 Å². The lowest BCUT2D eigenvalue weighted by Gasteiger charge is -2.36. The van der Waals surface area contributed by atoms with Crippen LogP contribution in [0.5, 0.6) is 0 Å². The van der Waals surface area contributed by atoms with Gasteiger partial charge in [0.25, 0.3) is 0 Å². The van der Waals surface area contributed by atoms with Gasteiger partial charge in [0.15, 0.2) is 0 Å². The number of hydrogen-bond donors (Lipinski definition) is 1. The fraction of sp³-hybridized carbons (Fsp3) is 0.812. The minimum Gasteiger partial charge on any atom is -0.383 e. The molecule has 2 rings (SSSR count). The number of nitrogens with zero attached hydrogens (tertiary/aromatic N) is 1. The van der Waals surface area contributed by atoms with Crippen LogP contribution in [-0.4, -0.2) is 25.2 Å². The highest BCUT2D eigenvalue weighted by Gasteiger charge is 2.36. The number of methoxy groups -OCH3 is 1. The monoisotopic (exact) mass is 296 g/mol. The molecule has 0 aromatic carbocycles. The summed E-state index contributed by atoms with van der Waals surface area (Å²) < 4.78 is 5.19. The Morgan fingerprint density at radius 3 is 2.55 bits per heavy atom. The van der Waals surface area contributed by atoms with E-state index in [2.05, 4.69) is 31.5 Å². The second kappa shape index (κ2) is 6.54. The zero-order valence-corrected chi connectivity index (χ0v) is 14.1. The zero-order chi connectivity index (χ0) is 14.6. The maximum atomic E-state index is 5.19. The van der Waals surface area contributed by atoms with Crippen LogP contribution in [0.1, 0.15) is 63.6 Å². The Hall–Kier alpha value is -0.450. The first-order valence-electron chi connectivity index (χ1n) is 7.68. The van der Waals surface area contributed by atoms with Crippen molar-refractivity contribution in [2.75, 3.05) is 20.3 Å². The van der Waals surface area contributed by atoms with Crippen LogP contribution in [0.4, 0.5) is 0 Å². The number of rotatable bonds is 5. The van der Waals surface area contributed by atoms with Crippen molar-refractivity contribution in [3.63, 3.8) is 0 Å². The molecular weight excluding hydrogens is 268 g/mol. The predicted molar refractivity (Wildman–Crippen MR) is 85.5 cm³/mol. The lowest BCUT2D eigenvalue weighted by atomic mass is 9.82. The van der Waals surface area contributed by atoms with Crippen LogP contribution < -0.4 is 5.32 Å². The molecule has 0 aliphatic heterocycles. The average molecular weight is 296 g/mol. The van der Waals surface area contributed by atoms with Crippen LogP contribution in [0.3, 0.4) is 0 Å². The first-order valence-corrected chi connectivity index (χ1v) is 8.56. The van der Waals surface area contributed by atoms with Crippen molar-refractivity contribution in [2.24, 2.45) is 0 Å². The highest BCUT2D eigenvalue weighted by molar-refractivity contribution is 7.09. The summed E-state index contributed by atoms with van der Waals surface area (Å²) in [4.78, 5) is 4.97. The molecule has 1 aromatic rings. The fourth-order valence-corrected chi connectivity index (χ4v) is 4.13. The summed E-state index contributed by atoms with van der Waals surface area (Å²) in [6.45, 7) is 8.37. The summed E-state index contributed by atoms with van der Waals surface area (Å²) in [6.07, 6.45) is 6.35. The third-order valence-electron chi connectivity index (χ3n) is 4.16. The van der Waals surface area contributed by atoms with Crippen molar-refractivity contribution < 1.29 is 4.74 Å². The maximum Gasteiger partial charge on any atom is 0.113 e. The molecule has 1 aromatic heterocycles. The van der Waals surface area contributed by atoms with Gasteiger partial charge in [-0.2, -0.15) is 0 Å². The second-order valence-electron chi connectivity index (χ2n) is 6.85. The first-order chi connectivity index (χ1) is 9.48. The SMILES string of the molecule is COCCNC1(c2nc(C(C)(C)C)cs2)CCCCC1. The van der Waals surface area contributed by atoms with Crippen molar-refractivity contribution in [3.05, 3.63) is 16.1 Å².